The molecule has 1 atom stereocenters. The van der Waals surface area contributed by atoms with Crippen LogP contribution in [0.3, 0.4) is 0 Å². The molecule has 3 heterocycles. The normalized spacial score (nSPS) is 18.5. The number of piperidine rings is 1. The van der Waals surface area contributed by atoms with Gasteiger partial charge in [0.2, 0.25) is 5.89 Å². The molecule has 1 aromatic carbocycles. The number of benzene rings is 1. The molecule has 6 nitrogen and oxygen atoms in total. The zero-order chi connectivity index (χ0) is 16.9. The third-order valence-electron chi connectivity index (χ3n) is 4.76. The Morgan fingerprint density at radius 3 is 2.88 bits per heavy atom. The van der Waals surface area contributed by atoms with Gasteiger partial charge >= 0.3 is 0 Å². The molecule has 0 spiro atoms. The van der Waals surface area contributed by atoms with Gasteiger partial charge in [-0.2, -0.15) is 10.1 Å². The minimum atomic E-state index is 0.470. The Kier molecular flexibility index (Phi) is 4.88. The summed E-state index contributed by atoms with van der Waals surface area (Å²) in [6, 6.07) is 12.7. The largest absolute Gasteiger partial charge is 0.338 e. The molecule has 2 aromatic heterocycles. The molecule has 3 aromatic rings. The highest BCUT2D eigenvalue weighted by Crippen LogP contribution is 2.20. The summed E-state index contributed by atoms with van der Waals surface area (Å²) in [6.07, 6.45) is 8.25. The van der Waals surface area contributed by atoms with Gasteiger partial charge in [0, 0.05) is 24.9 Å². The van der Waals surface area contributed by atoms with Gasteiger partial charge in [-0.25, -0.2) is 0 Å². The van der Waals surface area contributed by atoms with E-state index in [1.165, 1.54) is 24.8 Å². The van der Waals surface area contributed by atoms with Crippen molar-refractivity contribution in [2.24, 2.45) is 0 Å². The maximum absolute atomic E-state index is 5.50. The van der Waals surface area contributed by atoms with Crippen molar-refractivity contribution >= 4 is 0 Å². The van der Waals surface area contributed by atoms with Gasteiger partial charge in [-0.05, 0) is 31.0 Å². The first kappa shape index (κ1) is 16.0. The van der Waals surface area contributed by atoms with Crippen LogP contribution in [0.25, 0.3) is 0 Å². The van der Waals surface area contributed by atoms with Gasteiger partial charge in [-0.15, -0.1) is 0 Å². The van der Waals surface area contributed by atoms with E-state index in [2.05, 4.69) is 32.3 Å². The molecule has 1 saturated heterocycles. The lowest BCUT2D eigenvalue weighted by atomic mass is 10.0. The number of rotatable bonds is 6. The summed E-state index contributed by atoms with van der Waals surface area (Å²) in [6.45, 7) is 2.70. The van der Waals surface area contributed by atoms with E-state index >= 15 is 0 Å². The zero-order valence-corrected chi connectivity index (χ0v) is 14.3. The monoisotopic (exact) mass is 337 g/mol. The maximum atomic E-state index is 5.50. The smallest absolute Gasteiger partial charge is 0.240 e. The lowest BCUT2D eigenvalue weighted by Gasteiger charge is -2.34. The van der Waals surface area contributed by atoms with Crippen molar-refractivity contribution in [3.05, 3.63) is 66.1 Å². The van der Waals surface area contributed by atoms with Crippen LogP contribution in [0.2, 0.25) is 0 Å². The Bertz CT molecular complexity index is 768. The highest BCUT2D eigenvalue weighted by atomic mass is 16.5. The van der Waals surface area contributed by atoms with Crippen molar-refractivity contribution in [3.8, 4) is 0 Å². The Hall–Kier alpha value is -2.47. The minimum absolute atomic E-state index is 0.470. The van der Waals surface area contributed by atoms with Gasteiger partial charge in [0.1, 0.15) is 0 Å². The fourth-order valence-electron chi connectivity index (χ4n) is 3.48. The van der Waals surface area contributed by atoms with Crippen LogP contribution < -0.4 is 0 Å². The van der Waals surface area contributed by atoms with E-state index < -0.39 is 0 Å². The number of nitrogens with zero attached hydrogens (tertiary/aromatic N) is 5. The molecule has 25 heavy (non-hydrogen) atoms. The number of likely N-dealkylation sites (tertiary alicyclic amines) is 1. The summed E-state index contributed by atoms with van der Waals surface area (Å²) >= 11 is 0. The van der Waals surface area contributed by atoms with Crippen LogP contribution in [0.4, 0.5) is 0 Å². The number of hydrogen-bond acceptors (Lipinski definition) is 5. The molecule has 0 amide bonds. The predicted octanol–water partition coefficient (Wildman–Crippen LogP) is 2.91. The van der Waals surface area contributed by atoms with Crippen LogP contribution in [-0.2, 0) is 19.5 Å². The molecule has 1 aliphatic rings. The predicted molar refractivity (Wildman–Crippen MR) is 93.8 cm³/mol. The molecule has 130 valence electrons. The van der Waals surface area contributed by atoms with Crippen LogP contribution in [0.15, 0.2) is 53.3 Å². The Balaban J connectivity index is 1.40. The molecule has 0 aliphatic carbocycles. The molecule has 4 rings (SSSR count). The highest BCUT2D eigenvalue weighted by molar-refractivity contribution is 5.18. The van der Waals surface area contributed by atoms with Crippen LogP contribution >= 0.6 is 0 Å². The van der Waals surface area contributed by atoms with Gasteiger partial charge in [-0.3, -0.25) is 9.58 Å². The third kappa shape index (κ3) is 4.14. The first-order chi connectivity index (χ1) is 12.4. The van der Waals surface area contributed by atoms with E-state index in [4.69, 9.17) is 4.52 Å². The molecular weight excluding hydrogens is 314 g/mol. The SMILES string of the molecule is c1ccc(Cc2noc(CN3CCCC[C@@H]3Cn3cccn3)n2)cc1. The second-order valence-corrected chi connectivity index (χ2v) is 6.61. The second-order valence-electron chi connectivity index (χ2n) is 6.61. The Morgan fingerprint density at radius 1 is 1.12 bits per heavy atom. The Labute approximate surface area is 147 Å². The quantitative estimate of drug-likeness (QED) is 0.692. The van der Waals surface area contributed by atoms with Crippen molar-refractivity contribution in [2.75, 3.05) is 6.54 Å². The molecule has 0 saturated carbocycles. The van der Waals surface area contributed by atoms with Crippen LogP contribution in [-0.4, -0.2) is 37.4 Å². The lowest BCUT2D eigenvalue weighted by Crippen LogP contribution is -2.41. The lowest BCUT2D eigenvalue weighted by molar-refractivity contribution is 0.108. The van der Waals surface area contributed by atoms with E-state index in [9.17, 15) is 0 Å². The summed E-state index contributed by atoms with van der Waals surface area (Å²) in [4.78, 5) is 7.04. The molecule has 0 radical (unpaired) electrons. The van der Waals surface area contributed by atoms with E-state index in [0.717, 1.165) is 18.9 Å². The van der Waals surface area contributed by atoms with E-state index in [1.54, 1.807) is 0 Å². The summed E-state index contributed by atoms with van der Waals surface area (Å²) in [5, 5.41) is 8.49. The molecule has 1 fully saturated rings. The van der Waals surface area contributed by atoms with Crippen molar-refractivity contribution in [3.63, 3.8) is 0 Å². The third-order valence-corrected chi connectivity index (χ3v) is 4.76. The van der Waals surface area contributed by atoms with Gasteiger partial charge < -0.3 is 4.52 Å². The van der Waals surface area contributed by atoms with Crippen molar-refractivity contribution in [1.29, 1.82) is 0 Å². The minimum Gasteiger partial charge on any atom is -0.338 e. The van der Waals surface area contributed by atoms with Crippen molar-refractivity contribution in [1.82, 2.24) is 24.8 Å². The fraction of sp³-hybridized carbons (Fsp3) is 0.421. The first-order valence-electron chi connectivity index (χ1n) is 8.94. The number of hydrogen-bond donors (Lipinski definition) is 0. The molecule has 0 bridgehead atoms. The average molecular weight is 337 g/mol. The Morgan fingerprint density at radius 2 is 2.04 bits per heavy atom. The topological polar surface area (TPSA) is 60.0 Å². The number of aromatic nitrogens is 4. The van der Waals surface area contributed by atoms with Gasteiger partial charge in [0.25, 0.3) is 0 Å². The average Bonchev–Trinajstić information content (AvgIpc) is 3.30. The molecule has 0 unspecified atom stereocenters. The molecule has 1 aliphatic heterocycles. The zero-order valence-electron chi connectivity index (χ0n) is 14.3. The summed E-state index contributed by atoms with van der Waals surface area (Å²) < 4.78 is 7.51. The summed E-state index contributed by atoms with van der Waals surface area (Å²) in [5.41, 5.74) is 1.20. The summed E-state index contributed by atoms with van der Waals surface area (Å²) in [7, 11) is 0. The summed E-state index contributed by atoms with van der Waals surface area (Å²) in [5.74, 6) is 1.46. The molecular formula is C19H23N5O. The van der Waals surface area contributed by atoms with Gasteiger partial charge in [-0.1, -0.05) is 41.9 Å². The fourth-order valence-corrected chi connectivity index (χ4v) is 3.48. The van der Waals surface area contributed by atoms with Crippen LogP contribution in [0, 0.1) is 0 Å². The standard InChI is InChI=1S/C19H23N5O/c1-2-7-16(8-3-1)13-18-21-19(25-22-18)15-23-11-5-4-9-17(23)14-24-12-6-10-20-24/h1-3,6-8,10,12,17H,4-5,9,11,13-15H2/t17-/m1/s1. The van der Waals surface area contributed by atoms with E-state index in [0.29, 0.717) is 24.9 Å². The molecule has 0 N–H and O–H groups in total. The van der Waals surface area contributed by atoms with Crippen LogP contribution in [0.1, 0.15) is 36.5 Å². The van der Waals surface area contributed by atoms with E-state index in [-0.39, 0.29) is 0 Å². The van der Waals surface area contributed by atoms with Crippen molar-refractivity contribution < 1.29 is 4.52 Å². The van der Waals surface area contributed by atoms with Crippen LogP contribution in [0.5, 0.6) is 0 Å². The second kappa shape index (κ2) is 7.61. The highest BCUT2D eigenvalue weighted by Gasteiger charge is 2.24. The first-order valence-corrected chi connectivity index (χ1v) is 8.94. The van der Waals surface area contributed by atoms with Gasteiger partial charge in [0.05, 0.1) is 13.1 Å². The van der Waals surface area contributed by atoms with Gasteiger partial charge in [0.15, 0.2) is 5.82 Å². The van der Waals surface area contributed by atoms with E-state index in [1.807, 2.05) is 41.3 Å². The maximum Gasteiger partial charge on any atom is 0.240 e. The molecule has 6 heteroatoms. The van der Waals surface area contributed by atoms with Crippen molar-refractivity contribution in [2.45, 2.75) is 44.8 Å².